The van der Waals surface area contributed by atoms with Gasteiger partial charge in [-0.15, -0.1) is 0 Å². The molecule has 4 rings (SSSR count). The maximum absolute atomic E-state index is 12.0. The van der Waals surface area contributed by atoms with Gasteiger partial charge in [-0.3, -0.25) is 4.79 Å². The molecule has 1 heteroatoms. The Morgan fingerprint density at radius 2 is 1.76 bits per heavy atom. The number of allylic oxidation sites excluding steroid dienone is 6. The zero-order chi connectivity index (χ0) is 21.0. The Balaban J connectivity index is 1.57. The van der Waals surface area contributed by atoms with Gasteiger partial charge in [0, 0.05) is 6.42 Å². The maximum atomic E-state index is 12.0. The molecule has 2 saturated carbocycles. The van der Waals surface area contributed by atoms with Crippen molar-refractivity contribution >= 4 is 5.78 Å². The highest BCUT2D eigenvalue weighted by molar-refractivity contribution is 5.91. The van der Waals surface area contributed by atoms with Gasteiger partial charge in [0.1, 0.15) is 0 Å². The lowest BCUT2D eigenvalue weighted by molar-refractivity contribution is -0.116. The molecule has 0 aromatic carbocycles. The summed E-state index contributed by atoms with van der Waals surface area (Å²) in [5, 5.41) is 0. The van der Waals surface area contributed by atoms with E-state index in [0.717, 1.165) is 37.0 Å². The minimum atomic E-state index is 0.246. The molecule has 0 spiro atoms. The zero-order valence-corrected chi connectivity index (χ0v) is 19.6. The van der Waals surface area contributed by atoms with Gasteiger partial charge >= 0.3 is 0 Å². The Morgan fingerprint density at radius 1 is 1.00 bits per heavy atom. The smallest absolute Gasteiger partial charge is 0.155 e. The third-order valence-corrected chi connectivity index (χ3v) is 9.88. The fourth-order valence-corrected chi connectivity index (χ4v) is 7.47. The average molecular weight is 395 g/mol. The number of rotatable bonds is 4. The Hall–Kier alpha value is -1.11. The maximum Gasteiger partial charge on any atom is 0.155 e. The standard InChI is InChI=1S/C28H42O/c1-18(2)19(3)7-8-20(4)24-11-12-25-23-10-9-21-17-22(29)13-15-27(21,5)26(23)14-16-28(24,25)6/h7-8,10,17-20,24-26H,9,11-16H2,1-6H3. The Bertz CT molecular complexity index is 752. The van der Waals surface area contributed by atoms with E-state index in [1.54, 1.807) is 5.57 Å². The highest BCUT2D eigenvalue weighted by Crippen LogP contribution is 2.66. The van der Waals surface area contributed by atoms with E-state index in [-0.39, 0.29) is 5.41 Å². The van der Waals surface area contributed by atoms with Gasteiger partial charge in [-0.1, -0.05) is 70.9 Å². The summed E-state index contributed by atoms with van der Waals surface area (Å²) in [6.07, 6.45) is 17.9. The third-order valence-electron chi connectivity index (χ3n) is 9.88. The van der Waals surface area contributed by atoms with E-state index in [9.17, 15) is 4.79 Å². The summed E-state index contributed by atoms with van der Waals surface area (Å²) in [7, 11) is 0. The Labute approximate surface area is 179 Å². The van der Waals surface area contributed by atoms with Crippen molar-refractivity contribution in [2.45, 2.75) is 86.5 Å². The lowest BCUT2D eigenvalue weighted by Crippen LogP contribution is -2.46. The average Bonchev–Trinajstić information content (AvgIpc) is 3.03. The topological polar surface area (TPSA) is 17.1 Å². The number of ketones is 1. The molecule has 160 valence electrons. The molecule has 7 atom stereocenters. The lowest BCUT2D eigenvalue weighted by atomic mass is 9.50. The lowest BCUT2D eigenvalue weighted by Gasteiger charge is -2.54. The molecule has 0 aliphatic heterocycles. The minimum absolute atomic E-state index is 0.246. The molecule has 0 bridgehead atoms. The van der Waals surface area contributed by atoms with Crippen molar-refractivity contribution in [2.75, 3.05) is 0 Å². The van der Waals surface area contributed by atoms with E-state index in [4.69, 9.17) is 0 Å². The molecule has 4 aliphatic rings. The van der Waals surface area contributed by atoms with Crippen LogP contribution in [0.3, 0.4) is 0 Å². The quantitative estimate of drug-likeness (QED) is 0.450. The van der Waals surface area contributed by atoms with Gasteiger partial charge < -0.3 is 0 Å². The van der Waals surface area contributed by atoms with Crippen LogP contribution < -0.4 is 0 Å². The van der Waals surface area contributed by atoms with E-state index in [1.165, 1.54) is 31.3 Å². The molecule has 0 aromatic rings. The summed E-state index contributed by atoms with van der Waals surface area (Å²) in [6.45, 7) is 14.6. The first-order valence-corrected chi connectivity index (χ1v) is 12.3. The highest BCUT2D eigenvalue weighted by Gasteiger charge is 2.56. The van der Waals surface area contributed by atoms with Crippen LogP contribution in [0.25, 0.3) is 0 Å². The van der Waals surface area contributed by atoms with Gasteiger partial charge in [0.15, 0.2) is 5.78 Å². The molecule has 0 saturated heterocycles. The summed E-state index contributed by atoms with van der Waals surface area (Å²) in [5.74, 6) is 4.66. The van der Waals surface area contributed by atoms with E-state index in [1.807, 2.05) is 6.08 Å². The molecule has 0 amide bonds. The van der Waals surface area contributed by atoms with Crippen LogP contribution in [0.4, 0.5) is 0 Å². The normalized spacial score (nSPS) is 41.5. The molecule has 7 unspecified atom stereocenters. The summed E-state index contributed by atoms with van der Waals surface area (Å²) in [6, 6.07) is 0. The van der Waals surface area contributed by atoms with E-state index >= 15 is 0 Å². The monoisotopic (exact) mass is 394 g/mol. The molecule has 0 N–H and O–H groups in total. The van der Waals surface area contributed by atoms with E-state index < -0.39 is 0 Å². The van der Waals surface area contributed by atoms with Crippen molar-refractivity contribution in [1.82, 2.24) is 0 Å². The zero-order valence-electron chi connectivity index (χ0n) is 19.6. The van der Waals surface area contributed by atoms with E-state index in [2.05, 4.69) is 59.8 Å². The molecule has 2 fully saturated rings. The molecular weight excluding hydrogens is 352 g/mol. The second kappa shape index (κ2) is 7.54. The van der Waals surface area contributed by atoms with Crippen molar-refractivity contribution in [1.29, 1.82) is 0 Å². The number of carbonyl (C=O) groups is 1. The van der Waals surface area contributed by atoms with E-state index in [0.29, 0.717) is 29.0 Å². The predicted octanol–water partition coefficient (Wildman–Crippen LogP) is 7.54. The van der Waals surface area contributed by atoms with Gasteiger partial charge in [0.2, 0.25) is 0 Å². The molecule has 1 nitrogen and oxygen atoms in total. The number of hydrogen-bond acceptors (Lipinski definition) is 1. The van der Waals surface area contributed by atoms with Crippen molar-refractivity contribution in [3.8, 4) is 0 Å². The van der Waals surface area contributed by atoms with Crippen LogP contribution in [-0.4, -0.2) is 5.78 Å². The second-order valence-corrected chi connectivity index (χ2v) is 11.6. The summed E-state index contributed by atoms with van der Waals surface area (Å²) in [4.78, 5) is 12.0. The SMILES string of the molecule is CC(C)C(C)C=CC(C)C1CCC2C3=CCC4=CC(=O)CCC4(C)C3CCC21C. The first kappa shape index (κ1) is 21.1. The van der Waals surface area contributed by atoms with Crippen molar-refractivity contribution in [2.24, 2.45) is 46.3 Å². The molecule has 29 heavy (non-hydrogen) atoms. The van der Waals surface area contributed by atoms with Crippen LogP contribution in [0.2, 0.25) is 0 Å². The first-order chi connectivity index (χ1) is 13.7. The largest absolute Gasteiger partial charge is 0.295 e. The molecule has 4 aliphatic carbocycles. The van der Waals surface area contributed by atoms with Crippen molar-refractivity contribution < 1.29 is 4.79 Å². The van der Waals surface area contributed by atoms with Crippen LogP contribution >= 0.6 is 0 Å². The highest BCUT2D eigenvalue weighted by atomic mass is 16.1. The molecule has 0 aromatic heterocycles. The summed E-state index contributed by atoms with van der Waals surface area (Å²) < 4.78 is 0. The fraction of sp³-hybridized carbons (Fsp3) is 0.750. The van der Waals surface area contributed by atoms with Gasteiger partial charge in [0.25, 0.3) is 0 Å². The van der Waals surface area contributed by atoms with Gasteiger partial charge in [-0.05, 0) is 90.9 Å². The predicted molar refractivity (Wildman–Crippen MR) is 122 cm³/mol. The van der Waals surface area contributed by atoms with Crippen LogP contribution in [0.5, 0.6) is 0 Å². The third kappa shape index (κ3) is 3.41. The van der Waals surface area contributed by atoms with Crippen LogP contribution in [0, 0.1) is 46.3 Å². The summed E-state index contributed by atoms with van der Waals surface area (Å²) in [5.41, 5.74) is 3.91. The first-order valence-electron chi connectivity index (χ1n) is 12.3. The Morgan fingerprint density at radius 3 is 2.48 bits per heavy atom. The van der Waals surface area contributed by atoms with Crippen LogP contribution in [0.15, 0.2) is 35.5 Å². The Kier molecular flexibility index (Phi) is 5.50. The fourth-order valence-electron chi connectivity index (χ4n) is 7.47. The van der Waals surface area contributed by atoms with Crippen molar-refractivity contribution in [3.05, 3.63) is 35.5 Å². The van der Waals surface area contributed by atoms with Crippen molar-refractivity contribution in [3.63, 3.8) is 0 Å². The summed E-state index contributed by atoms with van der Waals surface area (Å²) >= 11 is 0. The number of carbonyl (C=O) groups excluding carboxylic acids is 1. The number of hydrogen-bond donors (Lipinski definition) is 0. The van der Waals surface area contributed by atoms with Gasteiger partial charge in [-0.2, -0.15) is 0 Å². The minimum Gasteiger partial charge on any atom is -0.295 e. The molecule has 0 heterocycles. The second-order valence-electron chi connectivity index (χ2n) is 11.6. The molecule has 0 radical (unpaired) electrons. The molecular formula is C28H42O. The van der Waals surface area contributed by atoms with Gasteiger partial charge in [-0.25, -0.2) is 0 Å². The van der Waals surface area contributed by atoms with Crippen LogP contribution in [0.1, 0.15) is 86.5 Å². The van der Waals surface area contributed by atoms with Crippen LogP contribution in [-0.2, 0) is 4.79 Å². The number of fused-ring (bicyclic) bond motifs is 5. The van der Waals surface area contributed by atoms with Gasteiger partial charge in [0.05, 0.1) is 0 Å².